The van der Waals surface area contributed by atoms with Gasteiger partial charge in [0.2, 0.25) is 5.78 Å². The number of nitrogens with one attached hydrogen (secondary N) is 1. The van der Waals surface area contributed by atoms with Crippen molar-refractivity contribution >= 4 is 51.7 Å². The highest BCUT2D eigenvalue weighted by molar-refractivity contribution is 8.00. The maximum absolute atomic E-state index is 12.0. The molecule has 0 unspecified atom stereocenters. The van der Waals surface area contributed by atoms with E-state index in [-0.39, 0.29) is 5.69 Å². The fourth-order valence-electron chi connectivity index (χ4n) is 2.20. The number of hydrogen-bond donors (Lipinski definition) is 2. The highest BCUT2D eigenvalue weighted by Gasteiger charge is 2.19. The zero-order valence-corrected chi connectivity index (χ0v) is 15.8. The zero-order chi connectivity index (χ0) is 18.8. The lowest BCUT2D eigenvalue weighted by molar-refractivity contribution is -0.384. The highest BCUT2D eigenvalue weighted by atomic mass is 32.2. The molecular weight excluding hydrogens is 392 g/mol. The number of Topliss-reactive ketones (excluding diaryl/α,β-unsaturated/α-hetero) is 1. The SMILES string of the molecule is CSc1sc(C(=O)C(=N)N)cc1-c1nc(-c2ccc([N+](=O)[O-])cc2)cs1. The van der Waals surface area contributed by atoms with E-state index in [9.17, 15) is 14.9 Å². The van der Waals surface area contributed by atoms with Crippen LogP contribution in [0.3, 0.4) is 0 Å². The summed E-state index contributed by atoms with van der Waals surface area (Å²) in [6, 6.07) is 7.90. The van der Waals surface area contributed by atoms with E-state index in [0.29, 0.717) is 10.6 Å². The van der Waals surface area contributed by atoms with Crippen molar-refractivity contribution in [2.24, 2.45) is 5.73 Å². The molecule has 0 radical (unpaired) electrons. The van der Waals surface area contributed by atoms with E-state index in [1.807, 2.05) is 11.6 Å². The molecule has 0 aliphatic rings. The number of ketones is 1. The van der Waals surface area contributed by atoms with Gasteiger partial charge in [-0.25, -0.2) is 4.98 Å². The van der Waals surface area contributed by atoms with Crippen LogP contribution in [-0.4, -0.2) is 27.8 Å². The van der Waals surface area contributed by atoms with Gasteiger partial charge in [0, 0.05) is 28.6 Å². The molecule has 0 aliphatic carbocycles. The monoisotopic (exact) mass is 404 g/mol. The summed E-state index contributed by atoms with van der Waals surface area (Å²) in [6.45, 7) is 0. The Balaban J connectivity index is 1.95. The smallest absolute Gasteiger partial charge is 0.269 e. The van der Waals surface area contributed by atoms with Gasteiger partial charge in [-0.15, -0.1) is 34.4 Å². The van der Waals surface area contributed by atoms with Gasteiger partial charge in [0.1, 0.15) is 5.01 Å². The van der Waals surface area contributed by atoms with Crippen LogP contribution in [0.1, 0.15) is 9.67 Å². The van der Waals surface area contributed by atoms with Gasteiger partial charge in [0.15, 0.2) is 5.84 Å². The van der Waals surface area contributed by atoms with Crippen LogP contribution in [0.15, 0.2) is 39.9 Å². The number of thiophene rings is 1. The summed E-state index contributed by atoms with van der Waals surface area (Å²) in [5.41, 5.74) is 7.63. The first-order valence-corrected chi connectivity index (χ1v) is 10.1. The van der Waals surface area contributed by atoms with E-state index in [1.165, 1.54) is 46.6 Å². The lowest BCUT2D eigenvalue weighted by Gasteiger charge is -1.97. The number of thiazole rings is 1. The lowest BCUT2D eigenvalue weighted by Crippen LogP contribution is -2.21. The summed E-state index contributed by atoms with van der Waals surface area (Å²) in [5, 5.41) is 20.7. The molecule has 0 atom stereocenters. The topological polar surface area (TPSA) is 123 Å². The van der Waals surface area contributed by atoms with Crippen molar-refractivity contribution in [2.75, 3.05) is 6.26 Å². The molecule has 1 aromatic carbocycles. The van der Waals surface area contributed by atoms with Crippen LogP contribution < -0.4 is 5.73 Å². The minimum atomic E-state index is -0.497. The first-order chi connectivity index (χ1) is 12.4. The largest absolute Gasteiger partial charge is 0.381 e. The number of non-ortho nitro benzene ring substituents is 1. The molecular formula is C16H12N4O3S3. The predicted molar refractivity (Wildman–Crippen MR) is 106 cm³/mol. The van der Waals surface area contributed by atoms with E-state index in [2.05, 4.69) is 4.98 Å². The number of benzene rings is 1. The molecule has 0 fully saturated rings. The summed E-state index contributed by atoms with van der Waals surface area (Å²) in [5.74, 6) is -0.986. The molecule has 0 aliphatic heterocycles. The molecule has 3 N–H and O–H groups in total. The van der Waals surface area contributed by atoms with Gasteiger partial charge < -0.3 is 5.73 Å². The van der Waals surface area contributed by atoms with Gasteiger partial charge in [-0.2, -0.15) is 0 Å². The van der Waals surface area contributed by atoms with Gasteiger partial charge in [0.25, 0.3) is 5.69 Å². The standard InChI is InChI=1S/C16H12N4O3S3/c1-24-16-10(6-12(26-16)13(21)14(17)18)15-19-11(7-25-15)8-2-4-9(5-3-8)20(22)23/h2-7H,1H3,(H3,17,18). The van der Waals surface area contributed by atoms with Crippen molar-refractivity contribution < 1.29 is 9.72 Å². The molecule has 0 saturated heterocycles. The van der Waals surface area contributed by atoms with Gasteiger partial charge in [-0.1, -0.05) is 0 Å². The third kappa shape index (κ3) is 3.52. The van der Waals surface area contributed by atoms with E-state index in [4.69, 9.17) is 11.1 Å². The second-order valence-electron chi connectivity index (χ2n) is 5.10. The summed E-state index contributed by atoms with van der Waals surface area (Å²) in [6.07, 6.45) is 1.90. The van der Waals surface area contributed by atoms with E-state index < -0.39 is 16.5 Å². The number of carbonyl (C=O) groups excluding carboxylic acids is 1. The Hall–Kier alpha value is -2.56. The average Bonchev–Trinajstić information content (AvgIpc) is 3.27. The van der Waals surface area contributed by atoms with Crippen LogP contribution in [0.25, 0.3) is 21.8 Å². The number of nitro groups is 1. The molecule has 3 rings (SSSR count). The maximum Gasteiger partial charge on any atom is 0.269 e. The van der Waals surface area contributed by atoms with Gasteiger partial charge in [-0.05, 0) is 24.5 Å². The van der Waals surface area contributed by atoms with Crippen molar-refractivity contribution in [2.45, 2.75) is 4.21 Å². The molecule has 2 aromatic heterocycles. The van der Waals surface area contributed by atoms with Crippen LogP contribution in [0, 0.1) is 15.5 Å². The second kappa shape index (κ2) is 7.36. The Morgan fingerprint density at radius 1 is 1.35 bits per heavy atom. The third-order valence-electron chi connectivity index (χ3n) is 3.46. The molecule has 132 valence electrons. The third-order valence-corrected chi connectivity index (χ3v) is 6.61. The van der Waals surface area contributed by atoms with Crippen molar-refractivity contribution in [3.63, 3.8) is 0 Å². The highest BCUT2D eigenvalue weighted by Crippen LogP contribution is 2.40. The van der Waals surface area contributed by atoms with Crippen molar-refractivity contribution in [3.05, 3.63) is 50.7 Å². The van der Waals surface area contributed by atoms with E-state index in [0.717, 1.165) is 20.3 Å². The zero-order valence-electron chi connectivity index (χ0n) is 13.4. The number of amidine groups is 1. The predicted octanol–water partition coefficient (Wildman–Crippen LogP) is 4.29. The van der Waals surface area contributed by atoms with E-state index >= 15 is 0 Å². The van der Waals surface area contributed by atoms with Crippen LogP contribution in [0.4, 0.5) is 5.69 Å². The second-order valence-corrected chi connectivity index (χ2v) is 8.09. The Bertz CT molecular complexity index is 1010. The Morgan fingerprint density at radius 2 is 2.04 bits per heavy atom. The molecule has 0 bridgehead atoms. The molecule has 0 amide bonds. The summed E-state index contributed by atoms with van der Waals surface area (Å²) in [4.78, 5) is 27.3. The molecule has 2 heterocycles. The Kier molecular flexibility index (Phi) is 5.16. The normalized spacial score (nSPS) is 10.7. The minimum Gasteiger partial charge on any atom is -0.381 e. The average molecular weight is 404 g/mol. The molecule has 26 heavy (non-hydrogen) atoms. The van der Waals surface area contributed by atoms with Gasteiger partial charge >= 0.3 is 0 Å². The number of rotatable bonds is 6. The lowest BCUT2D eigenvalue weighted by atomic mass is 10.1. The minimum absolute atomic E-state index is 0.0269. The van der Waals surface area contributed by atoms with Crippen molar-refractivity contribution in [1.82, 2.24) is 4.98 Å². The Labute approximate surface area is 160 Å². The quantitative estimate of drug-likeness (QED) is 0.158. The maximum atomic E-state index is 12.0. The number of nitrogens with two attached hydrogens (primary N) is 1. The number of carbonyl (C=O) groups is 1. The van der Waals surface area contributed by atoms with Crippen LogP contribution >= 0.6 is 34.4 Å². The number of nitrogens with zero attached hydrogens (tertiary/aromatic N) is 2. The number of hydrogen-bond acceptors (Lipinski definition) is 8. The van der Waals surface area contributed by atoms with Crippen LogP contribution in [0.2, 0.25) is 0 Å². The first kappa shape index (κ1) is 18.2. The Morgan fingerprint density at radius 3 is 2.62 bits per heavy atom. The first-order valence-electron chi connectivity index (χ1n) is 7.18. The molecule has 3 aromatic rings. The summed E-state index contributed by atoms with van der Waals surface area (Å²) >= 11 is 4.21. The summed E-state index contributed by atoms with van der Waals surface area (Å²) in [7, 11) is 0. The molecule has 10 heteroatoms. The van der Waals surface area contributed by atoms with Gasteiger partial charge in [-0.3, -0.25) is 20.3 Å². The van der Waals surface area contributed by atoms with Gasteiger partial charge in [0.05, 0.1) is 19.7 Å². The number of aromatic nitrogens is 1. The number of nitro benzene ring substituents is 1. The van der Waals surface area contributed by atoms with Crippen molar-refractivity contribution in [3.8, 4) is 21.8 Å². The van der Waals surface area contributed by atoms with Crippen LogP contribution in [-0.2, 0) is 0 Å². The van der Waals surface area contributed by atoms with E-state index in [1.54, 1.807) is 18.2 Å². The fraction of sp³-hybridized carbons (Fsp3) is 0.0625. The molecule has 0 spiro atoms. The molecule has 0 saturated carbocycles. The number of thioether (sulfide) groups is 1. The fourth-order valence-corrected chi connectivity index (χ4v) is 5.01. The summed E-state index contributed by atoms with van der Waals surface area (Å²) < 4.78 is 0.916. The van der Waals surface area contributed by atoms with Crippen molar-refractivity contribution in [1.29, 1.82) is 5.41 Å². The van der Waals surface area contributed by atoms with Crippen LogP contribution in [0.5, 0.6) is 0 Å². The molecule has 7 nitrogen and oxygen atoms in total.